The first-order valence-corrected chi connectivity index (χ1v) is 5.82. The number of nitrogens with one attached hydrogen (secondary N) is 1. The quantitative estimate of drug-likeness (QED) is 0.560. The lowest BCUT2D eigenvalue weighted by Gasteiger charge is -2.25. The molecular weight excluding hydrogens is 240 g/mol. The van der Waals surface area contributed by atoms with Crippen LogP contribution in [-0.2, 0) is 9.53 Å². The number of aliphatic hydroxyl groups is 1. The second-order valence-electron chi connectivity index (χ2n) is 4.21. The average molecular weight is 262 g/mol. The predicted octanol–water partition coefficient (Wildman–Crippen LogP) is -0.254. The first-order valence-electron chi connectivity index (χ1n) is 5.82. The number of methoxy groups -OCH3 is 1. The number of nitrogens with zero attached hydrogens (tertiary/aromatic N) is 1. The lowest BCUT2D eigenvalue weighted by molar-refractivity contribution is -0.140. The van der Waals surface area contributed by atoms with Crippen LogP contribution in [0.5, 0.6) is 0 Å². The van der Waals surface area contributed by atoms with Gasteiger partial charge >= 0.3 is 12.0 Å². The van der Waals surface area contributed by atoms with Crippen LogP contribution < -0.4 is 5.32 Å². The number of carbonyl (C=O) groups is 2. The summed E-state index contributed by atoms with van der Waals surface area (Å²) >= 11 is 0. The fourth-order valence-electron chi connectivity index (χ4n) is 1.37. The van der Waals surface area contributed by atoms with E-state index in [9.17, 15) is 9.59 Å². The third kappa shape index (κ3) is 5.83. The highest BCUT2D eigenvalue weighted by molar-refractivity contribution is 5.82. The summed E-state index contributed by atoms with van der Waals surface area (Å²) < 4.78 is 4.85. The summed E-state index contributed by atoms with van der Waals surface area (Å²) in [5.41, 5.74) is 0. The molecule has 0 bridgehead atoms. The minimum Gasteiger partial charge on any atom is -0.480 e. The van der Waals surface area contributed by atoms with Gasteiger partial charge in [-0.25, -0.2) is 9.59 Å². The molecule has 7 heteroatoms. The normalized spacial score (nSPS) is 12.3. The molecule has 0 aliphatic rings. The zero-order valence-corrected chi connectivity index (χ0v) is 11.0. The molecule has 0 aliphatic carbocycles. The van der Waals surface area contributed by atoms with Crippen molar-refractivity contribution in [3.63, 3.8) is 0 Å². The highest BCUT2D eigenvalue weighted by Crippen LogP contribution is 2.03. The van der Waals surface area contributed by atoms with Gasteiger partial charge in [-0.3, -0.25) is 0 Å². The fourth-order valence-corrected chi connectivity index (χ4v) is 1.37. The van der Waals surface area contributed by atoms with Crippen LogP contribution in [-0.4, -0.2) is 66.6 Å². The van der Waals surface area contributed by atoms with Gasteiger partial charge in [0.15, 0.2) is 0 Å². The highest BCUT2D eigenvalue weighted by atomic mass is 16.5. The molecule has 0 aliphatic heterocycles. The Morgan fingerprint density at radius 2 is 1.94 bits per heavy atom. The maximum absolute atomic E-state index is 11.8. The summed E-state index contributed by atoms with van der Waals surface area (Å²) in [4.78, 5) is 24.1. The van der Waals surface area contributed by atoms with E-state index >= 15 is 0 Å². The maximum atomic E-state index is 11.8. The van der Waals surface area contributed by atoms with E-state index in [2.05, 4.69) is 5.32 Å². The Balaban J connectivity index is 4.50. The first kappa shape index (κ1) is 16.7. The predicted molar refractivity (Wildman–Crippen MR) is 65.3 cm³/mol. The van der Waals surface area contributed by atoms with Crippen molar-refractivity contribution in [3.05, 3.63) is 0 Å². The molecule has 0 rings (SSSR count). The molecule has 0 saturated heterocycles. The van der Waals surface area contributed by atoms with Crippen LogP contribution in [0.25, 0.3) is 0 Å². The second kappa shape index (κ2) is 8.71. The SMILES string of the molecule is COCCN(CCO)C(=O)NC(C(=O)O)C(C)C. The van der Waals surface area contributed by atoms with E-state index in [0.29, 0.717) is 13.2 Å². The molecule has 0 heterocycles. The Labute approximate surface area is 107 Å². The van der Waals surface area contributed by atoms with Gasteiger partial charge < -0.3 is 25.2 Å². The number of urea groups is 1. The van der Waals surface area contributed by atoms with Gasteiger partial charge in [0.25, 0.3) is 0 Å². The van der Waals surface area contributed by atoms with E-state index in [1.807, 2.05) is 0 Å². The monoisotopic (exact) mass is 262 g/mol. The van der Waals surface area contributed by atoms with Crippen molar-refractivity contribution in [2.24, 2.45) is 5.92 Å². The van der Waals surface area contributed by atoms with Gasteiger partial charge in [-0.1, -0.05) is 13.8 Å². The number of ether oxygens (including phenoxy) is 1. The van der Waals surface area contributed by atoms with E-state index < -0.39 is 18.0 Å². The minimum atomic E-state index is -1.07. The number of carbonyl (C=O) groups excluding carboxylic acids is 1. The molecule has 0 aromatic rings. The van der Waals surface area contributed by atoms with E-state index in [4.69, 9.17) is 14.9 Å². The zero-order valence-electron chi connectivity index (χ0n) is 11.0. The molecule has 106 valence electrons. The Kier molecular flexibility index (Phi) is 8.06. The summed E-state index contributed by atoms with van der Waals surface area (Å²) in [5.74, 6) is -1.29. The van der Waals surface area contributed by atoms with E-state index in [-0.39, 0.29) is 19.1 Å². The third-order valence-corrected chi connectivity index (χ3v) is 2.43. The number of carboxylic acid groups (broad SMARTS) is 1. The number of hydrogen-bond donors (Lipinski definition) is 3. The second-order valence-corrected chi connectivity index (χ2v) is 4.21. The topological polar surface area (TPSA) is 99.1 Å². The van der Waals surface area contributed by atoms with Crippen LogP contribution in [0, 0.1) is 5.92 Å². The Hall–Kier alpha value is -1.34. The fraction of sp³-hybridized carbons (Fsp3) is 0.818. The van der Waals surface area contributed by atoms with Gasteiger partial charge in [-0.15, -0.1) is 0 Å². The Bertz CT molecular complexity index is 270. The summed E-state index contributed by atoms with van der Waals surface area (Å²) in [6, 6.07) is -1.46. The first-order chi connectivity index (χ1) is 8.43. The van der Waals surface area contributed by atoms with Crippen LogP contribution >= 0.6 is 0 Å². The molecule has 0 fully saturated rings. The molecule has 0 saturated carbocycles. The molecule has 3 N–H and O–H groups in total. The van der Waals surface area contributed by atoms with Crippen LogP contribution in [0.4, 0.5) is 4.79 Å². The van der Waals surface area contributed by atoms with Crippen molar-refractivity contribution >= 4 is 12.0 Å². The van der Waals surface area contributed by atoms with Crippen molar-refractivity contribution in [2.75, 3.05) is 33.4 Å². The van der Waals surface area contributed by atoms with Gasteiger partial charge in [-0.2, -0.15) is 0 Å². The molecule has 18 heavy (non-hydrogen) atoms. The largest absolute Gasteiger partial charge is 0.480 e. The lowest BCUT2D eigenvalue weighted by Crippen LogP contribution is -2.51. The van der Waals surface area contributed by atoms with Crippen molar-refractivity contribution < 1.29 is 24.5 Å². The van der Waals surface area contributed by atoms with Crippen molar-refractivity contribution in [1.82, 2.24) is 10.2 Å². The lowest BCUT2D eigenvalue weighted by atomic mass is 10.1. The number of aliphatic carboxylic acids is 1. The molecule has 0 aromatic carbocycles. The summed E-state index contributed by atoms with van der Waals surface area (Å²) in [7, 11) is 1.50. The zero-order chi connectivity index (χ0) is 14.1. The van der Waals surface area contributed by atoms with Gasteiger partial charge in [0.05, 0.1) is 13.2 Å². The summed E-state index contributed by atoms with van der Waals surface area (Å²) in [6.45, 7) is 4.01. The minimum absolute atomic E-state index is 0.139. The van der Waals surface area contributed by atoms with Crippen LogP contribution in [0.2, 0.25) is 0 Å². The van der Waals surface area contributed by atoms with Gasteiger partial charge in [0.1, 0.15) is 6.04 Å². The molecule has 7 nitrogen and oxygen atoms in total. The molecule has 0 aromatic heterocycles. The van der Waals surface area contributed by atoms with Crippen molar-refractivity contribution in [3.8, 4) is 0 Å². The van der Waals surface area contributed by atoms with Crippen LogP contribution in [0.3, 0.4) is 0 Å². The van der Waals surface area contributed by atoms with Crippen molar-refractivity contribution in [1.29, 1.82) is 0 Å². The van der Waals surface area contributed by atoms with Gasteiger partial charge in [0.2, 0.25) is 0 Å². The molecule has 0 radical (unpaired) electrons. The summed E-state index contributed by atoms with van der Waals surface area (Å²) in [6.07, 6.45) is 0. The van der Waals surface area contributed by atoms with Gasteiger partial charge in [-0.05, 0) is 5.92 Å². The standard InChI is InChI=1S/C11H22N2O5/c1-8(2)9(10(15)16)12-11(17)13(4-6-14)5-7-18-3/h8-9,14H,4-7H2,1-3H3,(H,12,17)(H,15,16). The molecule has 2 amide bonds. The van der Waals surface area contributed by atoms with E-state index in [1.54, 1.807) is 13.8 Å². The Morgan fingerprint density at radius 1 is 1.33 bits per heavy atom. The molecule has 0 spiro atoms. The number of amides is 2. The smallest absolute Gasteiger partial charge is 0.326 e. The van der Waals surface area contributed by atoms with E-state index in [0.717, 1.165) is 0 Å². The van der Waals surface area contributed by atoms with E-state index in [1.165, 1.54) is 12.0 Å². The summed E-state index contributed by atoms with van der Waals surface area (Å²) in [5, 5.41) is 20.3. The molecule has 1 unspecified atom stereocenters. The number of carboxylic acids is 1. The maximum Gasteiger partial charge on any atom is 0.326 e. The van der Waals surface area contributed by atoms with Gasteiger partial charge in [0, 0.05) is 20.2 Å². The van der Waals surface area contributed by atoms with Crippen LogP contribution in [0.15, 0.2) is 0 Å². The number of hydrogen-bond acceptors (Lipinski definition) is 4. The molecule has 1 atom stereocenters. The van der Waals surface area contributed by atoms with Crippen LogP contribution in [0.1, 0.15) is 13.8 Å². The van der Waals surface area contributed by atoms with Crippen molar-refractivity contribution in [2.45, 2.75) is 19.9 Å². The molecular formula is C11H22N2O5. The average Bonchev–Trinajstić information content (AvgIpc) is 2.30. The number of aliphatic hydroxyl groups excluding tert-OH is 1. The number of rotatable bonds is 8. The Morgan fingerprint density at radius 3 is 2.33 bits per heavy atom. The highest BCUT2D eigenvalue weighted by Gasteiger charge is 2.25. The third-order valence-electron chi connectivity index (χ3n) is 2.43.